The maximum atomic E-state index is 12.6. The Kier molecular flexibility index (Phi) is 6.34. The Morgan fingerprint density at radius 2 is 2.03 bits per heavy atom. The molecule has 2 heterocycles. The number of hydrogen-bond acceptors (Lipinski definition) is 8. The van der Waals surface area contributed by atoms with Crippen molar-refractivity contribution in [3.8, 4) is 0 Å². The van der Waals surface area contributed by atoms with E-state index in [1.165, 1.54) is 17.3 Å². The first kappa shape index (κ1) is 21.1. The number of nitrogens with zero attached hydrogens (tertiary/aromatic N) is 3. The van der Waals surface area contributed by atoms with Crippen molar-refractivity contribution in [2.75, 3.05) is 11.9 Å². The monoisotopic (exact) mass is 423 g/mol. The molecule has 1 atom stereocenters. The largest absolute Gasteiger partial charge is 0.403 e. The van der Waals surface area contributed by atoms with Crippen LogP contribution in [0.15, 0.2) is 42.4 Å². The molecule has 31 heavy (non-hydrogen) atoms. The molecule has 2 aromatic rings. The maximum Gasteiger partial charge on any atom is 0.249 e. The lowest BCUT2D eigenvalue weighted by atomic mass is 10.1. The van der Waals surface area contributed by atoms with Gasteiger partial charge >= 0.3 is 0 Å². The van der Waals surface area contributed by atoms with Gasteiger partial charge < -0.3 is 26.1 Å². The first-order chi connectivity index (χ1) is 15.1. The van der Waals surface area contributed by atoms with Gasteiger partial charge in [0.25, 0.3) is 0 Å². The van der Waals surface area contributed by atoms with E-state index in [9.17, 15) is 4.79 Å². The molecule has 1 amide bonds. The number of rotatable bonds is 8. The molecule has 164 valence electrons. The molecule has 6 N–H and O–H groups in total. The third kappa shape index (κ3) is 4.95. The second-order valence-corrected chi connectivity index (χ2v) is 8.10. The van der Waals surface area contributed by atoms with Gasteiger partial charge in [-0.05, 0) is 30.9 Å². The van der Waals surface area contributed by atoms with Gasteiger partial charge in [0, 0.05) is 42.7 Å². The van der Waals surface area contributed by atoms with Gasteiger partial charge in [0.05, 0.1) is 18.3 Å². The van der Waals surface area contributed by atoms with Gasteiger partial charge in [-0.3, -0.25) is 10.6 Å². The van der Waals surface area contributed by atoms with Crippen LogP contribution >= 0.6 is 0 Å². The average molecular weight is 424 g/mol. The molecule has 1 aliphatic heterocycles. The molecule has 9 heteroatoms. The summed E-state index contributed by atoms with van der Waals surface area (Å²) in [5.74, 6) is 5.91. The van der Waals surface area contributed by atoms with Crippen molar-refractivity contribution in [2.45, 2.75) is 51.4 Å². The highest BCUT2D eigenvalue weighted by Crippen LogP contribution is 2.25. The molecule has 1 aromatic heterocycles. The standard InChI is InChI=1S/C22H29N7O2/c1-14(6-19(9-23)28-24)31-13-21(30)29-11-17-10-25-22(27-20(17)12-29)26-18-7-15-4-2-3-5-16(15)8-18/h2-5,9-10,14,18,28H,6-8,11-13,23-24H2,1H3,(H,25,26,27)/b19-9-. The lowest BCUT2D eigenvalue weighted by Gasteiger charge is -2.18. The van der Waals surface area contributed by atoms with Crippen LogP contribution in [0.2, 0.25) is 0 Å². The Labute approximate surface area is 181 Å². The summed E-state index contributed by atoms with van der Waals surface area (Å²) < 4.78 is 5.66. The first-order valence-electron chi connectivity index (χ1n) is 10.5. The predicted octanol–water partition coefficient (Wildman–Crippen LogP) is 0.957. The Balaban J connectivity index is 1.29. The van der Waals surface area contributed by atoms with E-state index in [0.29, 0.717) is 37.2 Å². The van der Waals surface area contributed by atoms with Crippen LogP contribution in [0.1, 0.15) is 35.7 Å². The summed E-state index contributed by atoms with van der Waals surface area (Å²) in [6.45, 7) is 2.83. The van der Waals surface area contributed by atoms with Gasteiger partial charge in [-0.25, -0.2) is 9.97 Å². The molecular formula is C22H29N7O2. The Hall–Kier alpha value is -3.17. The smallest absolute Gasteiger partial charge is 0.249 e. The summed E-state index contributed by atoms with van der Waals surface area (Å²) in [7, 11) is 0. The molecule has 2 aliphatic rings. The summed E-state index contributed by atoms with van der Waals surface area (Å²) in [6, 6.07) is 8.79. The molecule has 0 spiro atoms. The highest BCUT2D eigenvalue weighted by Gasteiger charge is 2.27. The van der Waals surface area contributed by atoms with E-state index in [0.717, 1.165) is 24.1 Å². The maximum absolute atomic E-state index is 12.6. The number of nitrogens with two attached hydrogens (primary N) is 2. The van der Waals surface area contributed by atoms with E-state index in [1.807, 2.05) is 13.1 Å². The molecular weight excluding hydrogens is 394 g/mol. The summed E-state index contributed by atoms with van der Waals surface area (Å²) in [6.07, 6.45) is 5.47. The molecule has 0 fully saturated rings. The van der Waals surface area contributed by atoms with E-state index < -0.39 is 0 Å². The summed E-state index contributed by atoms with van der Waals surface area (Å²) in [4.78, 5) is 23.5. The average Bonchev–Trinajstić information content (AvgIpc) is 3.38. The van der Waals surface area contributed by atoms with E-state index >= 15 is 0 Å². The number of fused-ring (bicyclic) bond motifs is 2. The zero-order chi connectivity index (χ0) is 21.8. The second kappa shape index (κ2) is 9.32. The van der Waals surface area contributed by atoms with Crippen LogP contribution in [0.3, 0.4) is 0 Å². The van der Waals surface area contributed by atoms with Crippen molar-refractivity contribution in [3.05, 3.63) is 64.7 Å². The van der Waals surface area contributed by atoms with E-state index in [4.69, 9.17) is 16.3 Å². The van der Waals surface area contributed by atoms with Crippen LogP contribution in [0.25, 0.3) is 0 Å². The van der Waals surface area contributed by atoms with E-state index in [1.54, 1.807) is 4.90 Å². The van der Waals surface area contributed by atoms with Crippen molar-refractivity contribution in [2.24, 2.45) is 11.6 Å². The minimum atomic E-state index is -0.189. The highest BCUT2D eigenvalue weighted by atomic mass is 16.5. The van der Waals surface area contributed by atoms with Crippen LogP contribution in [0.5, 0.6) is 0 Å². The SMILES string of the molecule is CC(C/C(=C/N)NN)OCC(=O)N1Cc2cnc(NC3Cc4ccccc4C3)nc2C1. The quantitative estimate of drug-likeness (QED) is 0.365. The number of benzene rings is 1. The molecule has 9 nitrogen and oxygen atoms in total. The third-order valence-corrected chi connectivity index (χ3v) is 5.78. The van der Waals surface area contributed by atoms with Crippen LogP contribution in [-0.2, 0) is 35.5 Å². The van der Waals surface area contributed by atoms with Crippen LogP contribution in [0, 0.1) is 0 Å². The van der Waals surface area contributed by atoms with Crippen molar-refractivity contribution < 1.29 is 9.53 Å². The lowest BCUT2D eigenvalue weighted by molar-refractivity contribution is -0.138. The van der Waals surface area contributed by atoms with Gasteiger partial charge in [-0.1, -0.05) is 24.3 Å². The van der Waals surface area contributed by atoms with Crippen molar-refractivity contribution >= 4 is 11.9 Å². The molecule has 1 aromatic carbocycles. The number of carbonyl (C=O) groups is 1. The molecule has 1 aliphatic carbocycles. The van der Waals surface area contributed by atoms with Gasteiger partial charge in [0.2, 0.25) is 11.9 Å². The molecule has 1 unspecified atom stereocenters. The number of amides is 1. The molecule has 0 saturated heterocycles. The van der Waals surface area contributed by atoms with E-state index in [2.05, 4.69) is 45.0 Å². The van der Waals surface area contributed by atoms with Crippen LogP contribution in [0.4, 0.5) is 5.95 Å². The number of hydrogen-bond donors (Lipinski definition) is 4. The minimum absolute atomic E-state index is 0.00353. The topological polar surface area (TPSA) is 131 Å². The zero-order valence-electron chi connectivity index (χ0n) is 17.7. The van der Waals surface area contributed by atoms with Gasteiger partial charge in [-0.2, -0.15) is 0 Å². The fourth-order valence-corrected chi connectivity index (χ4v) is 4.09. The highest BCUT2D eigenvalue weighted by molar-refractivity contribution is 5.78. The molecule has 0 bridgehead atoms. The number of ether oxygens (including phenoxy) is 1. The number of aromatic nitrogens is 2. The molecule has 0 saturated carbocycles. The first-order valence-corrected chi connectivity index (χ1v) is 10.5. The number of nitrogens with one attached hydrogen (secondary N) is 2. The van der Waals surface area contributed by atoms with Crippen LogP contribution in [-0.4, -0.2) is 39.5 Å². The number of carbonyl (C=O) groups excluding carboxylic acids is 1. The second-order valence-electron chi connectivity index (χ2n) is 8.10. The van der Waals surface area contributed by atoms with Crippen molar-refractivity contribution in [3.63, 3.8) is 0 Å². The summed E-state index contributed by atoms with van der Waals surface area (Å²) in [5.41, 5.74) is 13.3. The Morgan fingerprint density at radius 3 is 2.71 bits per heavy atom. The fraction of sp³-hybridized carbons (Fsp3) is 0.409. The van der Waals surface area contributed by atoms with E-state index in [-0.39, 0.29) is 18.6 Å². The van der Waals surface area contributed by atoms with Gasteiger partial charge in [-0.15, -0.1) is 0 Å². The Morgan fingerprint density at radius 1 is 1.29 bits per heavy atom. The fourth-order valence-electron chi connectivity index (χ4n) is 4.09. The summed E-state index contributed by atoms with van der Waals surface area (Å²) in [5, 5.41) is 3.45. The van der Waals surface area contributed by atoms with Crippen molar-refractivity contribution in [1.82, 2.24) is 20.3 Å². The predicted molar refractivity (Wildman–Crippen MR) is 117 cm³/mol. The third-order valence-electron chi connectivity index (χ3n) is 5.78. The normalized spacial score (nSPS) is 16.7. The number of anilines is 1. The molecule has 0 radical (unpaired) electrons. The summed E-state index contributed by atoms with van der Waals surface area (Å²) >= 11 is 0. The molecule has 4 rings (SSSR count). The van der Waals surface area contributed by atoms with Crippen molar-refractivity contribution in [1.29, 1.82) is 0 Å². The van der Waals surface area contributed by atoms with Gasteiger partial charge in [0.15, 0.2) is 0 Å². The van der Waals surface area contributed by atoms with Gasteiger partial charge in [0.1, 0.15) is 6.61 Å². The van der Waals surface area contributed by atoms with Crippen LogP contribution < -0.4 is 22.3 Å². The minimum Gasteiger partial charge on any atom is -0.403 e. The lowest BCUT2D eigenvalue weighted by Crippen LogP contribution is -2.31. The zero-order valence-corrected chi connectivity index (χ0v) is 17.7. The number of hydrazine groups is 1. The Bertz CT molecular complexity index is 953.